The van der Waals surface area contributed by atoms with Crippen molar-refractivity contribution in [3.63, 3.8) is 0 Å². The van der Waals surface area contributed by atoms with Gasteiger partial charge in [0.25, 0.3) is 0 Å². The molecule has 3 aromatic rings. The zero-order chi connectivity index (χ0) is 19.6. The Labute approximate surface area is 167 Å². The Hall–Kier alpha value is -3.42. The molecule has 0 saturated carbocycles. The fourth-order valence-corrected chi connectivity index (χ4v) is 3.86. The third kappa shape index (κ3) is 3.65. The molecule has 0 radical (unpaired) electrons. The lowest BCUT2D eigenvalue weighted by Gasteiger charge is -2.16. The molecule has 0 fully saturated rings. The highest BCUT2D eigenvalue weighted by Gasteiger charge is 2.22. The van der Waals surface area contributed by atoms with Gasteiger partial charge in [0, 0.05) is 37.0 Å². The third-order valence-electron chi connectivity index (χ3n) is 5.33. The summed E-state index contributed by atoms with van der Waals surface area (Å²) in [6.45, 7) is 0.999. The van der Waals surface area contributed by atoms with Gasteiger partial charge in [-0.3, -0.25) is 9.78 Å². The molecule has 0 spiro atoms. The molecule has 0 saturated heterocycles. The van der Waals surface area contributed by atoms with Crippen LogP contribution in [0, 0.1) is 0 Å². The number of hydrogen-bond donors (Lipinski definition) is 1. The minimum absolute atomic E-state index is 0.0130. The van der Waals surface area contributed by atoms with Gasteiger partial charge in [0.2, 0.25) is 12.7 Å². The average Bonchev–Trinajstić information content (AvgIpc) is 3.32. The molecule has 29 heavy (non-hydrogen) atoms. The standard InChI is InChI=1S/C21H21N5O3/c27-20(11-14-3-5-17-18(10-14)29-13-28-17)23-16-4-6-19-24-25-21(26(19)9-7-16)15-2-1-8-22-12-15/h1-3,5,8,10,12,16H,4,6-7,9,11,13H2,(H,23,27). The number of hydrogen-bond acceptors (Lipinski definition) is 6. The zero-order valence-corrected chi connectivity index (χ0v) is 15.9. The van der Waals surface area contributed by atoms with E-state index in [1.807, 2.05) is 30.3 Å². The number of aryl methyl sites for hydroxylation is 1. The first-order valence-corrected chi connectivity index (χ1v) is 9.76. The van der Waals surface area contributed by atoms with Gasteiger partial charge >= 0.3 is 0 Å². The van der Waals surface area contributed by atoms with Crippen LogP contribution in [0.4, 0.5) is 0 Å². The summed E-state index contributed by atoms with van der Waals surface area (Å²) in [4.78, 5) is 16.7. The summed E-state index contributed by atoms with van der Waals surface area (Å²) in [6.07, 6.45) is 6.33. The van der Waals surface area contributed by atoms with Crippen LogP contribution in [-0.4, -0.2) is 38.5 Å². The first kappa shape index (κ1) is 17.7. The molecular formula is C21H21N5O3. The summed E-state index contributed by atoms with van der Waals surface area (Å²) in [5.74, 6) is 3.23. The average molecular weight is 391 g/mol. The van der Waals surface area contributed by atoms with Crippen LogP contribution in [0.3, 0.4) is 0 Å². The van der Waals surface area contributed by atoms with Crippen LogP contribution < -0.4 is 14.8 Å². The zero-order valence-electron chi connectivity index (χ0n) is 15.9. The van der Waals surface area contributed by atoms with E-state index in [0.29, 0.717) is 12.2 Å². The Morgan fingerprint density at radius 3 is 3.00 bits per heavy atom. The normalized spacial score (nSPS) is 17.4. The van der Waals surface area contributed by atoms with Crippen molar-refractivity contribution in [1.82, 2.24) is 25.1 Å². The van der Waals surface area contributed by atoms with Crippen molar-refractivity contribution in [2.75, 3.05) is 6.79 Å². The predicted octanol–water partition coefficient (Wildman–Crippen LogP) is 2.13. The molecule has 4 heterocycles. The fraction of sp³-hybridized carbons (Fsp3) is 0.333. The van der Waals surface area contributed by atoms with E-state index in [1.165, 1.54) is 0 Å². The number of carbonyl (C=O) groups is 1. The van der Waals surface area contributed by atoms with Crippen molar-refractivity contribution in [2.24, 2.45) is 0 Å². The van der Waals surface area contributed by atoms with Crippen molar-refractivity contribution in [1.29, 1.82) is 0 Å². The van der Waals surface area contributed by atoms with Crippen LogP contribution in [0.5, 0.6) is 11.5 Å². The minimum Gasteiger partial charge on any atom is -0.454 e. The molecule has 2 aliphatic heterocycles. The molecule has 1 atom stereocenters. The summed E-state index contributed by atoms with van der Waals surface area (Å²) in [7, 11) is 0. The molecule has 1 unspecified atom stereocenters. The van der Waals surface area contributed by atoms with Crippen LogP contribution >= 0.6 is 0 Å². The second-order valence-corrected chi connectivity index (χ2v) is 7.29. The van der Waals surface area contributed by atoms with E-state index in [9.17, 15) is 4.79 Å². The highest BCUT2D eigenvalue weighted by molar-refractivity contribution is 5.79. The number of carbonyl (C=O) groups excluding carboxylic acids is 1. The van der Waals surface area contributed by atoms with Crippen LogP contribution in [0.25, 0.3) is 11.4 Å². The number of rotatable bonds is 4. The maximum Gasteiger partial charge on any atom is 0.231 e. The summed E-state index contributed by atoms with van der Waals surface area (Å²) in [5, 5.41) is 11.9. The lowest BCUT2D eigenvalue weighted by Crippen LogP contribution is -2.36. The molecule has 1 aromatic carbocycles. The number of aromatic nitrogens is 4. The molecule has 148 valence electrons. The molecular weight excluding hydrogens is 370 g/mol. The molecule has 0 aliphatic carbocycles. The Balaban J connectivity index is 1.22. The maximum absolute atomic E-state index is 12.6. The largest absolute Gasteiger partial charge is 0.454 e. The second-order valence-electron chi connectivity index (χ2n) is 7.29. The van der Waals surface area contributed by atoms with E-state index in [1.54, 1.807) is 12.4 Å². The van der Waals surface area contributed by atoms with Gasteiger partial charge in [0.1, 0.15) is 5.82 Å². The number of nitrogens with zero attached hydrogens (tertiary/aromatic N) is 4. The molecule has 1 amide bonds. The Morgan fingerprint density at radius 1 is 1.17 bits per heavy atom. The SMILES string of the molecule is O=C(Cc1ccc2c(c1)OCO2)NC1CCc2nnc(-c3cccnc3)n2CC1. The number of pyridine rings is 1. The second kappa shape index (κ2) is 7.54. The van der Waals surface area contributed by atoms with Crippen molar-refractivity contribution in [3.8, 4) is 22.9 Å². The number of amides is 1. The summed E-state index contributed by atoms with van der Waals surface area (Å²) >= 11 is 0. The monoisotopic (exact) mass is 391 g/mol. The van der Waals surface area contributed by atoms with Gasteiger partial charge in [-0.1, -0.05) is 6.07 Å². The van der Waals surface area contributed by atoms with Crippen LogP contribution in [0.2, 0.25) is 0 Å². The Bertz CT molecular complexity index is 1030. The third-order valence-corrected chi connectivity index (χ3v) is 5.33. The van der Waals surface area contributed by atoms with E-state index in [-0.39, 0.29) is 18.7 Å². The first-order chi connectivity index (χ1) is 14.3. The van der Waals surface area contributed by atoms with Gasteiger partial charge in [0.05, 0.1) is 6.42 Å². The molecule has 8 heteroatoms. The van der Waals surface area contributed by atoms with Gasteiger partial charge in [-0.2, -0.15) is 0 Å². The number of ether oxygens (including phenoxy) is 2. The highest BCUT2D eigenvalue weighted by Crippen LogP contribution is 2.32. The summed E-state index contributed by atoms with van der Waals surface area (Å²) in [6, 6.07) is 9.62. The van der Waals surface area contributed by atoms with E-state index < -0.39 is 0 Å². The van der Waals surface area contributed by atoms with E-state index in [2.05, 4.69) is 25.1 Å². The number of nitrogens with one attached hydrogen (secondary N) is 1. The number of fused-ring (bicyclic) bond motifs is 2. The topological polar surface area (TPSA) is 91.2 Å². The lowest BCUT2D eigenvalue weighted by molar-refractivity contribution is -0.121. The highest BCUT2D eigenvalue weighted by atomic mass is 16.7. The van der Waals surface area contributed by atoms with Crippen LogP contribution in [0.1, 0.15) is 24.2 Å². The maximum atomic E-state index is 12.6. The first-order valence-electron chi connectivity index (χ1n) is 9.76. The van der Waals surface area contributed by atoms with Crippen LogP contribution in [0.15, 0.2) is 42.7 Å². The molecule has 2 aliphatic rings. The van der Waals surface area contributed by atoms with Gasteiger partial charge in [-0.05, 0) is 42.7 Å². The molecule has 8 nitrogen and oxygen atoms in total. The van der Waals surface area contributed by atoms with Gasteiger partial charge in [-0.15, -0.1) is 10.2 Å². The summed E-state index contributed by atoms with van der Waals surface area (Å²) in [5.41, 5.74) is 1.87. The lowest BCUT2D eigenvalue weighted by atomic mass is 10.1. The quantitative estimate of drug-likeness (QED) is 0.733. The Kier molecular flexibility index (Phi) is 4.59. The predicted molar refractivity (Wildman–Crippen MR) is 104 cm³/mol. The van der Waals surface area contributed by atoms with Gasteiger partial charge < -0.3 is 19.4 Å². The van der Waals surface area contributed by atoms with E-state index in [0.717, 1.165) is 54.3 Å². The fourth-order valence-electron chi connectivity index (χ4n) is 3.86. The number of benzene rings is 1. The van der Waals surface area contributed by atoms with Crippen molar-refractivity contribution < 1.29 is 14.3 Å². The minimum atomic E-state index is 0.0130. The van der Waals surface area contributed by atoms with Crippen molar-refractivity contribution in [3.05, 3.63) is 54.1 Å². The van der Waals surface area contributed by atoms with E-state index in [4.69, 9.17) is 9.47 Å². The van der Waals surface area contributed by atoms with Crippen molar-refractivity contribution in [2.45, 2.75) is 38.3 Å². The van der Waals surface area contributed by atoms with E-state index >= 15 is 0 Å². The molecule has 2 aromatic heterocycles. The van der Waals surface area contributed by atoms with Crippen molar-refractivity contribution >= 4 is 5.91 Å². The van der Waals surface area contributed by atoms with Gasteiger partial charge in [-0.25, -0.2) is 0 Å². The Morgan fingerprint density at radius 2 is 2.10 bits per heavy atom. The van der Waals surface area contributed by atoms with Crippen LogP contribution in [-0.2, 0) is 24.2 Å². The molecule has 0 bridgehead atoms. The van der Waals surface area contributed by atoms with Gasteiger partial charge in [0.15, 0.2) is 17.3 Å². The molecule has 1 N–H and O–H groups in total. The summed E-state index contributed by atoms with van der Waals surface area (Å²) < 4.78 is 12.8. The smallest absolute Gasteiger partial charge is 0.231 e. The molecule has 5 rings (SSSR count).